The van der Waals surface area contributed by atoms with Crippen molar-refractivity contribution in [1.29, 1.82) is 0 Å². The van der Waals surface area contributed by atoms with Crippen LogP contribution in [0, 0.1) is 34.5 Å². The summed E-state index contributed by atoms with van der Waals surface area (Å²) in [6.07, 6.45) is -2.96. The number of methoxy groups -OCH3 is 1. The minimum atomic E-state index is -1.30. The molecule has 0 aromatic heterocycles. The van der Waals surface area contributed by atoms with E-state index in [0.717, 1.165) is 63.4 Å². The van der Waals surface area contributed by atoms with Crippen molar-refractivity contribution >= 4 is 35.6 Å². The van der Waals surface area contributed by atoms with Gasteiger partial charge >= 0.3 is 29.8 Å². The van der Waals surface area contributed by atoms with Gasteiger partial charge in [-0.1, -0.05) is 32.0 Å². The molecular weight excluding hydrogens is 1000 g/mol. The van der Waals surface area contributed by atoms with Crippen LogP contribution in [0.1, 0.15) is 149 Å². The summed E-state index contributed by atoms with van der Waals surface area (Å²) >= 11 is 0. The number of Topliss-reactive ketones (excluding diaryl/α,β-unsaturated/α-hetero) is 1. The predicted octanol–water partition coefficient (Wildman–Crippen LogP) is 6.80. The monoisotopic (exact) mass is 1080 g/mol. The van der Waals surface area contributed by atoms with Crippen LogP contribution in [0.5, 0.6) is 0 Å². The van der Waals surface area contributed by atoms with Crippen LogP contribution in [0.2, 0.25) is 0 Å². The van der Waals surface area contributed by atoms with Gasteiger partial charge in [0.25, 0.3) is 0 Å². The van der Waals surface area contributed by atoms with Crippen molar-refractivity contribution in [2.24, 2.45) is 34.5 Å². The molecular formula is C58H80O19. The van der Waals surface area contributed by atoms with Crippen molar-refractivity contribution in [1.82, 2.24) is 0 Å². The highest BCUT2D eigenvalue weighted by Crippen LogP contribution is 2.70. The maximum absolute atomic E-state index is 13.9. The number of cyclic esters (lactones) is 1. The quantitative estimate of drug-likeness (QED) is 0.102. The molecule has 4 aliphatic heterocycles. The van der Waals surface area contributed by atoms with Gasteiger partial charge in [0, 0.05) is 51.7 Å². The first kappa shape index (κ1) is 57.3. The van der Waals surface area contributed by atoms with Crippen molar-refractivity contribution in [3.8, 4) is 0 Å². The average molecular weight is 1080 g/mol. The number of rotatable bonds is 16. The Bertz CT molecular complexity index is 2360. The standard InChI is InChI=1S/C58H80O19/c1-30(59)15-18-45(62)74-49-31(2)69-48(28-43(49)71-34(5)60)75-51-33(4)70-55(53(52(51)66-9)76-54(64)36-13-11-10-12-14-36)77-50-32(3)68-47(27-44(50)72-35(6)61)73-39-19-22-56(7)38(26-39)16-17-42-41(56)20-23-57(8)40(21-24-58(42,57)65)37-25-46(63)67-29-37/h10-14,25,31-33,38-44,47-53,55,65H,15-24,26-29H2,1-9H3/t31-,32-,33+,38-,39+,40-,41+,42-,43+,44+,47+,48+,49-,50-,51+,52-,53-,55+,56+,57-,58-/m1/s1. The van der Waals surface area contributed by atoms with E-state index >= 15 is 0 Å². The molecule has 8 aliphatic rings. The summed E-state index contributed by atoms with van der Waals surface area (Å²) in [5.74, 6) is -1.87. The fraction of sp³-hybridized carbons (Fsp3) is 0.759. The van der Waals surface area contributed by atoms with Crippen LogP contribution >= 0.6 is 0 Å². The third kappa shape index (κ3) is 11.8. The molecule has 0 amide bonds. The zero-order valence-corrected chi connectivity index (χ0v) is 46.1. The lowest BCUT2D eigenvalue weighted by molar-refractivity contribution is -0.359. The van der Waals surface area contributed by atoms with E-state index in [4.69, 9.17) is 56.8 Å². The van der Waals surface area contributed by atoms with Crippen molar-refractivity contribution in [2.45, 2.75) is 230 Å². The van der Waals surface area contributed by atoms with Gasteiger partial charge in [0.15, 0.2) is 31.1 Å². The van der Waals surface area contributed by atoms with Gasteiger partial charge in [0.1, 0.15) is 42.9 Å². The molecule has 0 spiro atoms. The van der Waals surface area contributed by atoms with Gasteiger partial charge in [0.2, 0.25) is 0 Å². The van der Waals surface area contributed by atoms with E-state index in [1.54, 1.807) is 50.3 Å². The Morgan fingerprint density at radius 2 is 1.32 bits per heavy atom. The molecule has 7 fully saturated rings. The van der Waals surface area contributed by atoms with Crippen LogP contribution in [0.4, 0.5) is 0 Å². The number of esters is 5. The normalized spacial score (nSPS) is 42.6. The Kier molecular flexibility index (Phi) is 17.4. The number of benzene rings is 1. The molecule has 4 aliphatic carbocycles. The maximum Gasteiger partial charge on any atom is 0.338 e. The zero-order valence-electron chi connectivity index (χ0n) is 46.1. The number of ether oxygens (including phenoxy) is 12. The Balaban J connectivity index is 0.870. The second-order valence-corrected chi connectivity index (χ2v) is 23.6. The summed E-state index contributed by atoms with van der Waals surface area (Å²) in [6.45, 7) is 14.1. The number of hydrogen-bond acceptors (Lipinski definition) is 19. The van der Waals surface area contributed by atoms with Gasteiger partial charge < -0.3 is 66.7 Å². The van der Waals surface area contributed by atoms with E-state index < -0.39 is 109 Å². The lowest BCUT2D eigenvalue weighted by Crippen LogP contribution is -2.64. The first-order valence-corrected chi connectivity index (χ1v) is 27.9. The number of carbonyl (C=O) groups excluding carboxylic acids is 6. The molecule has 4 saturated carbocycles. The van der Waals surface area contributed by atoms with Crippen molar-refractivity contribution in [3.05, 3.63) is 47.5 Å². The third-order valence-corrected chi connectivity index (χ3v) is 19.0. The molecule has 1 aromatic carbocycles. The molecule has 19 heteroatoms. The van der Waals surface area contributed by atoms with E-state index in [1.807, 2.05) is 6.92 Å². The van der Waals surface area contributed by atoms with E-state index in [1.165, 1.54) is 27.9 Å². The highest BCUT2D eigenvalue weighted by atomic mass is 16.8. The van der Waals surface area contributed by atoms with Gasteiger partial charge in [-0.3, -0.25) is 14.4 Å². The molecule has 0 bridgehead atoms. The van der Waals surface area contributed by atoms with Crippen molar-refractivity contribution in [2.75, 3.05) is 13.7 Å². The number of aliphatic hydroxyl groups is 1. The van der Waals surface area contributed by atoms with Crippen LogP contribution in [-0.2, 0) is 80.8 Å². The zero-order chi connectivity index (χ0) is 55.1. The van der Waals surface area contributed by atoms with Crippen LogP contribution in [0.3, 0.4) is 0 Å². The fourth-order valence-electron chi connectivity index (χ4n) is 15.2. The van der Waals surface area contributed by atoms with Crippen molar-refractivity contribution < 1.29 is 90.7 Å². The van der Waals surface area contributed by atoms with E-state index in [2.05, 4.69) is 13.8 Å². The molecule has 1 aromatic rings. The lowest BCUT2D eigenvalue weighted by atomic mass is 9.43. The molecule has 1 N–H and O–H groups in total. The Morgan fingerprint density at radius 1 is 0.662 bits per heavy atom. The van der Waals surface area contributed by atoms with Crippen LogP contribution < -0.4 is 0 Å². The summed E-state index contributed by atoms with van der Waals surface area (Å²) < 4.78 is 74.6. The summed E-state index contributed by atoms with van der Waals surface area (Å²) in [5.41, 5.74) is 0.200. The Labute approximate surface area is 451 Å². The largest absolute Gasteiger partial charge is 0.459 e. The van der Waals surface area contributed by atoms with Crippen LogP contribution in [0.25, 0.3) is 0 Å². The SMILES string of the molecule is CO[C@@H]1[C@@H](O[C@H]2C[C@H](OC(C)=O)[C@H](OC(=O)CCC(C)=O)[C@@H](C)O2)[C@H](C)O[C@@H](O[C@H]2[C@@H](OC(C)=O)C[C@H](O[C@H]3CC[C@@]4(C)[C@H](CC[C@@H]5[C@@H]4CC[C@]4(C)[C@@H](C6=CC(=O)OC6)CC[C@@]54O)C3)O[C@@H]2C)[C@@H]1OC(=O)c1ccccc1. The highest BCUT2D eigenvalue weighted by molar-refractivity contribution is 5.89. The van der Waals surface area contributed by atoms with E-state index in [0.29, 0.717) is 18.4 Å². The van der Waals surface area contributed by atoms with Gasteiger partial charge in [-0.05, 0) is 132 Å². The second kappa shape index (κ2) is 23.4. The number of fused-ring (bicyclic) bond motifs is 5. The number of carbonyl (C=O) groups is 6. The van der Waals surface area contributed by atoms with Crippen LogP contribution in [0.15, 0.2) is 42.0 Å². The molecule has 4 heterocycles. The lowest BCUT2D eigenvalue weighted by Gasteiger charge is -2.64. The summed E-state index contributed by atoms with van der Waals surface area (Å²) in [7, 11) is 1.44. The maximum atomic E-state index is 13.9. The molecule has 19 nitrogen and oxygen atoms in total. The molecule has 426 valence electrons. The predicted molar refractivity (Wildman–Crippen MR) is 270 cm³/mol. The summed E-state index contributed by atoms with van der Waals surface area (Å²) in [4.78, 5) is 75.4. The Hall–Kier alpha value is -4.34. The smallest absolute Gasteiger partial charge is 0.338 e. The summed E-state index contributed by atoms with van der Waals surface area (Å²) in [6, 6.07) is 8.40. The van der Waals surface area contributed by atoms with E-state index in [-0.39, 0.29) is 71.8 Å². The van der Waals surface area contributed by atoms with E-state index in [9.17, 15) is 33.9 Å². The molecule has 0 radical (unpaired) electrons. The molecule has 0 unspecified atom stereocenters. The minimum absolute atomic E-state index is 0.00394. The van der Waals surface area contributed by atoms with Gasteiger partial charge in [-0.2, -0.15) is 0 Å². The molecule has 21 atom stereocenters. The first-order valence-electron chi connectivity index (χ1n) is 27.9. The first-order chi connectivity index (χ1) is 36.6. The van der Waals surface area contributed by atoms with Crippen molar-refractivity contribution in [3.63, 3.8) is 0 Å². The average Bonchev–Trinajstić information content (AvgIpc) is 3.96. The number of hydrogen-bond donors (Lipinski definition) is 1. The third-order valence-electron chi connectivity index (χ3n) is 19.0. The highest BCUT2D eigenvalue weighted by Gasteiger charge is 2.68. The Morgan fingerprint density at radius 3 is 1.97 bits per heavy atom. The van der Waals surface area contributed by atoms with Gasteiger partial charge in [-0.15, -0.1) is 0 Å². The van der Waals surface area contributed by atoms with Crippen LogP contribution in [-0.4, -0.2) is 146 Å². The van der Waals surface area contributed by atoms with Gasteiger partial charge in [0.05, 0.1) is 42.0 Å². The molecule has 3 saturated heterocycles. The minimum Gasteiger partial charge on any atom is -0.459 e. The van der Waals surface area contributed by atoms with Gasteiger partial charge in [-0.25, -0.2) is 9.59 Å². The molecule has 77 heavy (non-hydrogen) atoms. The second-order valence-electron chi connectivity index (χ2n) is 23.6. The number of ketones is 1. The molecule has 9 rings (SSSR count). The topological polar surface area (TPSA) is 233 Å². The fourth-order valence-corrected chi connectivity index (χ4v) is 15.2. The summed E-state index contributed by atoms with van der Waals surface area (Å²) in [5, 5.41) is 12.8.